The van der Waals surface area contributed by atoms with Gasteiger partial charge < -0.3 is 5.73 Å². The lowest BCUT2D eigenvalue weighted by Gasteiger charge is -2.09. The highest BCUT2D eigenvalue weighted by Crippen LogP contribution is 2.18. The minimum Gasteiger partial charge on any atom is -0.326 e. The Morgan fingerprint density at radius 1 is 1.05 bits per heavy atom. The van der Waals surface area contributed by atoms with Crippen molar-refractivity contribution < 1.29 is 17.2 Å². The van der Waals surface area contributed by atoms with Crippen LogP contribution in [0.4, 0.5) is 14.5 Å². The van der Waals surface area contributed by atoms with Gasteiger partial charge in [-0.25, -0.2) is 17.2 Å². The van der Waals surface area contributed by atoms with Gasteiger partial charge in [0.1, 0.15) is 11.6 Å². The van der Waals surface area contributed by atoms with E-state index in [-0.39, 0.29) is 5.75 Å². The monoisotopic (exact) mass is 312 g/mol. The minimum atomic E-state index is -3.85. The molecule has 0 saturated carbocycles. The molecule has 2 aromatic rings. The Morgan fingerprint density at radius 2 is 1.76 bits per heavy atom. The standard InChI is InChI=1S/C14H14F2N2O2S/c15-12-4-5-13(16)14(7-12)18-21(19,20)9-11-3-1-2-10(6-11)8-17/h1-7,18H,8-9,17H2. The van der Waals surface area contributed by atoms with E-state index < -0.39 is 27.3 Å². The average Bonchev–Trinajstić information content (AvgIpc) is 2.42. The van der Waals surface area contributed by atoms with Crippen molar-refractivity contribution in [3.8, 4) is 0 Å². The Kier molecular flexibility index (Phi) is 4.54. The van der Waals surface area contributed by atoms with E-state index in [9.17, 15) is 17.2 Å². The van der Waals surface area contributed by atoms with Crippen LogP contribution >= 0.6 is 0 Å². The Labute approximate surface area is 121 Å². The van der Waals surface area contributed by atoms with E-state index >= 15 is 0 Å². The number of sulfonamides is 1. The van der Waals surface area contributed by atoms with Gasteiger partial charge in [0.05, 0.1) is 11.4 Å². The third-order valence-corrected chi connectivity index (χ3v) is 4.02. The number of hydrogen-bond donors (Lipinski definition) is 2. The second-order valence-corrected chi connectivity index (χ2v) is 6.23. The summed E-state index contributed by atoms with van der Waals surface area (Å²) in [7, 11) is -3.85. The number of hydrogen-bond acceptors (Lipinski definition) is 3. The van der Waals surface area contributed by atoms with Crippen LogP contribution in [0.2, 0.25) is 0 Å². The summed E-state index contributed by atoms with van der Waals surface area (Å²) in [4.78, 5) is 0. The van der Waals surface area contributed by atoms with Gasteiger partial charge in [0.2, 0.25) is 10.0 Å². The van der Waals surface area contributed by atoms with Crippen molar-refractivity contribution in [3.05, 3.63) is 65.2 Å². The molecule has 0 fully saturated rings. The lowest BCUT2D eigenvalue weighted by molar-refractivity contribution is 0.594. The van der Waals surface area contributed by atoms with E-state index in [1.807, 2.05) is 4.72 Å². The third-order valence-electron chi connectivity index (χ3n) is 2.78. The number of benzene rings is 2. The largest absolute Gasteiger partial charge is 0.326 e. The summed E-state index contributed by atoms with van der Waals surface area (Å²) >= 11 is 0. The van der Waals surface area contributed by atoms with Crippen LogP contribution in [0.15, 0.2) is 42.5 Å². The predicted molar refractivity (Wildman–Crippen MR) is 76.9 cm³/mol. The fraction of sp³-hybridized carbons (Fsp3) is 0.143. The van der Waals surface area contributed by atoms with Gasteiger partial charge in [-0.2, -0.15) is 0 Å². The van der Waals surface area contributed by atoms with E-state index in [0.29, 0.717) is 12.1 Å². The summed E-state index contributed by atoms with van der Waals surface area (Å²) < 4.78 is 52.5. The number of rotatable bonds is 5. The summed E-state index contributed by atoms with van der Waals surface area (Å²) in [6.07, 6.45) is 0. The highest BCUT2D eigenvalue weighted by Gasteiger charge is 2.15. The smallest absolute Gasteiger partial charge is 0.237 e. The molecule has 0 saturated heterocycles. The maximum absolute atomic E-state index is 13.4. The van der Waals surface area contributed by atoms with E-state index in [0.717, 1.165) is 23.8 Å². The molecule has 2 aromatic carbocycles. The average molecular weight is 312 g/mol. The Balaban J connectivity index is 2.20. The number of nitrogens with two attached hydrogens (primary N) is 1. The topological polar surface area (TPSA) is 72.2 Å². The van der Waals surface area contributed by atoms with Gasteiger partial charge in [0.25, 0.3) is 0 Å². The van der Waals surface area contributed by atoms with Crippen LogP contribution in [0.5, 0.6) is 0 Å². The van der Waals surface area contributed by atoms with Crippen molar-refractivity contribution in [2.75, 3.05) is 4.72 Å². The van der Waals surface area contributed by atoms with Gasteiger partial charge in [-0.15, -0.1) is 0 Å². The van der Waals surface area contributed by atoms with Crippen molar-refractivity contribution in [1.82, 2.24) is 0 Å². The lowest BCUT2D eigenvalue weighted by atomic mass is 10.1. The van der Waals surface area contributed by atoms with Crippen molar-refractivity contribution >= 4 is 15.7 Å². The van der Waals surface area contributed by atoms with Gasteiger partial charge >= 0.3 is 0 Å². The molecule has 3 N–H and O–H groups in total. The fourth-order valence-corrected chi connectivity index (χ4v) is 3.03. The molecule has 0 aliphatic heterocycles. The summed E-state index contributed by atoms with van der Waals surface area (Å²) in [6, 6.07) is 9.32. The van der Waals surface area contributed by atoms with Crippen LogP contribution in [-0.2, 0) is 22.3 Å². The van der Waals surface area contributed by atoms with Crippen LogP contribution in [0.1, 0.15) is 11.1 Å². The SMILES string of the molecule is NCc1cccc(CS(=O)(=O)Nc2cc(F)ccc2F)c1. The van der Waals surface area contributed by atoms with Gasteiger partial charge in [-0.05, 0) is 23.3 Å². The molecule has 0 atom stereocenters. The van der Waals surface area contributed by atoms with Crippen molar-refractivity contribution in [3.63, 3.8) is 0 Å². The first-order chi connectivity index (χ1) is 9.89. The summed E-state index contributed by atoms with van der Waals surface area (Å²) in [6.45, 7) is 0.292. The van der Waals surface area contributed by atoms with Crippen molar-refractivity contribution in [1.29, 1.82) is 0 Å². The number of nitrogens with one attached hydrogen (secondary N) is 1. The summed E-state index contributed by atoms with van der Waals surface area (Å²) in [5.41, 5.74) is 6.38. The number of halogens is 2. The maximum atomic E-state index is 13.4. The second-order valence-electron chi connectivity index (χ2n) is 4.51. The molecule has 0 heterocycles. The minimum absolute atomic E-state index is 0.292. The lowest BCUT2D eigenvalue weighted by Crippen LogP contribution is -2.16. The first-order valence-electron chi connectivity index (χ1n) is 6.13. The zero-order chi connectivity index (χ0) is 15.5. The quantitative estimate of drug-likeness (QED) is 0.890. The van der Waals surface area contributed by atoms with E-state index in [4.69, 9.17) is 5.73 Å². The molecule has 7 heteroatoms. The predicted octanol–water partition coefficient (Wildman–Crippen LogP) is 2.37. The molecule has 0 bridgehead atoms. The maximum Gasteiger partial charge on any atom is 0.237 e. The normalized spacial score (nSPS) is 11.4. The van der Waals surface area contributed by atoms with Crippen LogP contribution < -0.4 is 10.5 Å². The zero-order valence-corrected chi connectivity index (χ0v) is 11.8. The molecule has 0 aromatic heterocycles. The highest BCUT2D eigenvalue weighted by molar-refractivity contribution is 7.91. The van der Waals surface area contributed by atoms with Crippen LogP contribution in [-0.4, -0.2) is 8.42 Å². The molecule has 0 aliphatic carbocycles. The summed E-state index contributed by atoms with van der Waals surface area (Å²) in [5, 5.41) is 0. The van der Waals surface area contributed by atoms with E-state index in [1.165, 1.54) is 0 Å². The molecule has 0 aliphatic rings. The molecule has 0 unspecified atom stereocenters. The van der Waals surface area contributed by atoms with Crippen LogP contribution in [0, 0.1) is 11.6 Å². The van der Waals surface area contributed by atoms with Crippen LogP contribution in [0.3, 0.4) is 0 Å². The van der Waals surface area contributed by atoms with Crippen molar-refractivity contribution in [2.24, 2.45) is 5.73 Å². The molecule has 112 valence electrons. The molecular formula is C14H14F2N2O2S. The fourth-order valence-electron chi connectivity index (χ4n) is 1.85. The highest BCUT2D eigenvalue weighted by atomic mass is 32.2. The Hall–Kier alpha value is -1.99. The van der Waals surface area contributed by atoms with E-state index in [1.54, 1.807) is 24.3 Å². The van der Waals surface area contributed by atoms with Gasteiger partial charge in [0.15, 0.2) is 0 Å². The molecule has 0 spiro atoms. The first kappa shape index (κ1) is 15.4. The first-order valence-corrected chi connectivity index (χ1v) is 7.78. The Morgan fingerprint density at radius 3 is 2.48 bits per heavy atom. The van der Waals surface area contributed by atoms with Gasteiger partial charge in [-0.3, -0.25) is 4.72 Å². The molecule has 4 nitrogen and oxygen atoms in total. The van der Waals surface area contributed by atoms with Crippen molar-refractivity contribution in [2.45, 2.75) is 12.3 Å². The number of anilines is 1. The Bertz CT molecular complexity index is 748. The van der Waals surface area contributed by atoms with Crippen LogP contribution in [0.25, 0.3) is 0 Å². The molecule has 2 rings (SSSR count). The zero-order valence-electron chi connectivity index (χ0n) is 11.0. The van der Waals surface area contributed by atoms with E-state index in [2.05, 4.69) is 0 Å². The molecule has 21 heavy (non-hydrogen) atoms. The molecule has 0 radical (unpaired) electrons. The molecule has 0 amide bonds. The molecular weight excluding hydrogens is 298 g/mol. The van der Waals surface area contributed by atoms with Gasteiger partial charge in [0, 0.05) is 12.6 Å². The second kappa shape index (κ2) is 6.19. The summed E-state index contributed by atoms with van der Waals surface area (Å²) in [5.74, 6) is -1.91. The third kappa shape index (κ3) is 4.24. The van der Waals surface area contributed by atoms with Gasteiger partial charge in [-0.1, -0.05) is 24.3 Å².